The minimum atomic E-state index is -4.86. The second-order valence-corrected chi connectivity index (χ2v) is 7.82. The van der Waals surface area contributed by atoms with Gasteiger partial charge >= 0.3 is 6.36 Å². The lowest BCUT2D eigenvalue weighted by Crippen LogP contribution is -2.49. The number of hydrogen-bond donors (Lipinski definition) is 1. The number of ether oxygens (including phenoxy) is 3. The average molecular weight is 509 g/mol. The zero-order valence-electron chi connectivity index (χ0n) is 18.0. The van der Waals surface area contributed by atoms with Crippen LogP contribution in [0, 0.1) is 17.1 Å². The molecule has 1 N–H and O–H groups in total. The lowest BCUT2D eigenvalue weighted by Gasteiger charge is -2.24. The molecule has 0 saturated heterocycles. The first-order valence-electron chi connectivity index (χ1n) is 9.92. The fraction of sp³-hybridized carbons (Fsp3) is 0.167. The van der Waals surface area contributed by atoms with Crippen LogP contribution in [0.25, 0.3) is 0 Å². The fourth-order valence-corrected chi connectivity index (χ4v) is 2.94. The molecular weight excluding hydrogens is 492 g/mol. The van der Waals surface area contributed by atoms with Gasteiger partial charge in [-0.1, -0.05) is 23.7 Å². The number of nitrogens with zero attached hydrogens (tertiary/aromatic N) is 1. The molecule has 0 aliphatic carbocycles. The topological polar surface area (TPSA) is 80.6 Å². The number of halogens is 5. The number of carbonyl (C=O) groups excluding carboxylic acids is 1. The van der Waals surface area contributed by atoms with Gasteiger partial charge in [-0.25, -0.2) is 4.39 Å². The van der Waals surface area contributed by atoms with Gasteiger partial charge in [0.1, 0.15) is 12.4 Å². The summed E-state index contributed by atoms with van der Waals surface area (Å²) in [5.74, 6) is -1.70. The van der Waals surface area contributed by atoms with Crippen molar-refractivity contribution in [2.75, 3.05) is 6.61 Å². The number of rotatable bonds is 8. The first-order valence-corrected chi connectivity index (χ1v) is 10.3. The molecular formula is C24H17ClF4N2O4. The van der Waals surface area contributed by atoms with Gasteiger partial charge in [-0.3, -0.25) is 4.79 Å². The lowest BCUT2D eigenvalue weighted by atomic mass is 10.0. The van der Waals surface area contributed by atoms with Gasteiger partial charge in [-0.05, 0) is 55.5 Å². The van der Waals surface area contributed by atoms with E-state index in [9.17, 15) is 27.6 Å². The summed E-state index contributed by atoms with van der Waals surface area (Å²) in [7, 11) is 0. The summed E-state index contributed by atoms with van der Waals surface area (Å²) in [5.41, 5.74) is -1.55. The van der Waals surface area contributed by atoms with Gasteiger partial charge in [-0.15, -0.1) is 13.2 Å². The quantitative estimate of drug-likeness (QED) is 0.363. The highest BCUT2D eigenvalue weighted by molar-refractivity contribution is 6.30. The van der Waals surface area contributed by atoms with E-state index in [-0.39, 0.29) is 34.4 Å². The highest BCUT2D eigenvalue weighted by Crippen LogP contribution is 2.35. The monoisotopic (exact) mass is 508 g/mol. The van der Waals surface area contributed by atoms with Gasteiger partial charge in [0.15, 0.2) is 28.6 Å². The molecule has 11 heteroatoms. The molecule has 0 fully saturated rings. The van der Waals surface area contributed by atoms with E-state index in [4.69, 9.17) is 21.1 Å². The Labute approximate surface area is 202 Å². The van der Waals surface area contributed by atoms with Crippen molar-refractivity contribution >= 4 is 17.5 Å². The minimum Gasteiger partial charge on any atom is -0.486 e. The van der Waals surface area contributed by atoms with E-state index in [1.54, 1.807) is 6.07 Å². The van der Waals surface area contributed by atoms with E-state index in [0.717, 1.165) is 24.3 Å². The Bertz CT molecular complexity index is 1250. The number of benzene rings is 3. The predicted octanol–water partition coefficient (Wildman–Crippen LogP) is 6.26. The Hall–Kier alpha value is -3.97. The number of nitrogens with one attached hydrogen (secondary N) is 1. The van der Waals surface area contributed by atoms with E-state index in [2.05, 4.69) is 10.1 Å². The van der Waals surface area contributed by atoms with E-state index >= 15 is 0 Å². The first kappa shape index (κ1) is 25.6. The maximum absolute atomic E-state index is 14.0. The smallest absolute Gasteiger partial charge is 0.486 e. The number of carbonyl (C=O) groups is 1. The largest absolute Gasteiger partial charge is 0.573 e. The minimum absolute atomic E-state index is 0.00364. The van der Waals surface area contributed by atoms with Crippen LogP contribution >= 0.6 is 11.6 Å². The molecule has 0 aromatic heterocycles. The molecule has 182 valence electrons. The van der Waals surface area contributed by atoms with Gasteiger partial charge in [0.05, 0.1) is 6.07 Å². The van der Waals surface area contributed by atoms with Crippen molar-refractivity contribution in [2.45, 2.75) is 18.8 Å². The van der Waals surface area contributed by atoms with Crippen LogP contribution in [0.15, 0.2) is 66.7 Å². The van der Waals surface area contributed by atoms with Crippen molar-refractivity contribution in [3.8, 4) is 29.1 Å². The van der Waals surface area contributed by atoms with Crippen LogP contribution in [0.3, 0.4) is 0 Å². The summed E-state index contributed by atoms with van der Waals surface area (Å²) in [6.07, 6.45) is -4.86. The second-order valence-electron chi connectivity index (χ2n) is 7.38. The summed E-state index contributed by atoms with van der Waals surface area (Å²) in [6, 6.07) is 16.2. The molecule has 3 aromatic carbocycles. The SMILES string of the molecule is CC(C#N)(COc1ccc(Cl)cc1Oc1ccccc1F)NC(=O)c1ccc(OC(F)(F)F)cc1. The summed E-state index contributed by atoms with van der Waals surface area (Å²) in [4.78, 5) is 12.6. The number of nitriles is 1. The highest BCUT2D eigenvalue weighted by atomic mass is 35.5. The lowest BCUT2D eigenvalue weighted by molar-refractivity contribution is -0.274. The van der Waals surface area contributed by atoms with Crippen molar-refractivity contribution in [1.29, 1.82) is 5.26 Å². The van der Waals surface area contributed by atoms with Gasteiger partial charge in [0, 0.05) is 16.7 Å². The molecule has 3 aromatic rings. The predicted molar refractivity (Wildman–Crippen MR) is 118 cm³/mol. The molecule has 0 radical (unpaired) electrons. The van der Waals surface area contributed by atoms with Crippen LogP contribution in [-0.4, -0.2) is 24.4 Å². The van der Waals surface area contributed by atoms with E-state index in [0.29, 0.717) is 0 Å². The van der Waals surface area contributed by atoms with Crippen LogP contribution < -0.4 is 19.5 Å². The normalized spacial score (nSPS) is 12.7. The molecule has 0 aliphatic heterocycles. The number of para-hydroxylation sites is 1. The van der Waals surface area contributed by atoms with Crippen LogP contribution in [0.2, 0.25) is 5.02 Å². The molecule has 0 spiro atoms. The van der Waals surface area contributed by atoms with Crippen molar-refractivity contribution in [3.05, 3.63) is 83.1 Å². The Morgan fingerprint density at radius 1 is 1.03 bits per heavy atom. The molecule has 1 atom stereocenters. The zero-order valence-corrected chi connectivity index (χ0v) is 18.8. The van der Waals surface area contributed by atoms with Crippen LogP contribution in [0.4, 0.5) is 17.6 Å². The fourth-order valence-electron chi connectivity index (χ4n) is 2.78. The summed E-state index contributed by atoms with van der Waals surface area (Å²) in [6.45, 7) is 1.04. The third-order valence-electron chi connectivity index (χ3n) is 4.46. The van der Waals surface area contributed by atoms with Crippen LogP contribution in [0.5, 0.6) is 23.0 Å². The van der Waals surface area contributed by atoms with Crippen molar-refractivity contribution in [2.24, 2.45) is 0 Å². The maximum Gasteiger partial charge on any atom is 0.573 e. The molecule has 0 bridgehead atoms. The maximum atomic E-state index is 14.0. The number of alkyl halides is 3. The third-order valence-corrected chi connectivity index (χ3v) is 4.70. The Morgan fingerprint density at radius 2 is 1.71 bits per heavy atom. The number of amides is 1. The standard InChI is InChI=1S/C24H17ClF4N2O4/c1-23(13-30,31-22(32)15-6-9-17(10-7-15)35-24(27,28)29)14-33-20-11-8-16(25)12-21(20)34-19-5-3-2-4-18(19)26/h2-12H,14H2,1H3,(H,31,32). The Kier molecular flexibility index (Phi) is 7.71. The van der Waals surface area contributed by atoms with Crippen molar-refractivity contribution in [1.82, 2.24) is 5.32 Å². The van der Waals surface area contributed by atoms with E-state index < -0.39 is 29.4 Å². The Morgan fingerprint density at radius 3 is 2.34 bits per heavy atom. The second kappa shape index (κ2) is 10.5. The van der Waals surface area contributed by atoms with Gasteiger partial charge < -0.3 is 19.5 Å². The molecule has 0 saturated carbocycles. The average Bonchev–Trinajstić information content (AvgIpc) is 2.79. The molecule has 3 rings (SSSR count). The van der Waals surface area contributed by atoms with Gasteiger partial charge in [-0.2, -0.15) is 5.26 Å². The van der Waals surface area contributed by atoms with Crippen molar-refractivity contribution in [3.63, 3.8) is 0 Å². The first-order chi connectivity index (χ1) is 16.5. The molecule has 0 heterocycles. The van der Waals surface area contributed by atoms with Crippen LogP contribution in [-0.2, 0) is 0 Å². The van der Waals surface area contributed by atoms with Crippen molar-refractivity contribution < 1.29 is 36.6 Å². The Balaban J connectivity index is 1.71. The third kappa shape index (κ3) is 7.25. The van der Waals surface area contributed by atoms with Gasteiger partial charge in [0.2, 0.25) is 0 Å². The highest BCUT2D eigenvalue weighted by Gasteiger charge is 2.31. The summed E-state index contributed by atoms with van der Waals surface area (Å²) < 4.78 is 65.9. The van der Waals surface area contributed by atoms with Gasteiger partial charge in [0.25, 0.3) is 5.91 Å². The van der Waals surface area contributed by atoms with E-state index in [1.807, 2.05) is 6.07 Å². The summed E-state index contributed by atoms with van der Waals surface area (Å²) in [5, 5.41) is 12.4. The number of hydrogen-bond acceptors (Lipinski definition) is 5. The summed E-state index contributed by atoms with van der Waals surface area (Å²) >= 11 is 6.01. The molecule has 6 nitrogen and oxygen atoms in total. The molecule has 35 heavy (non-hydrogen) atoms. The zero-order chi connectivity index (χ0) is 25.6. The molecule has 1 amide bonds. The molecule has 0 aliphatic rings. The molecule has 1 unspecified atom stereocenters. The van der Waals surface area contributed by atoms with E-state index in [1.165, 1.54) is 43.3 Å². The van der Waals surface area contributed by atoms with Crippen LogP contribution in [0.1, 0.15) is 17.3 Å².